The van der Waals surface area contributed by atoms with Crippen molar-refractivity contribution in [2.75, 3.05) is 39.5 Å². The third-order valence-corrected chi connectivity index (χ3v) is 7.23. The lowest BCUT2D eigenvalue weighted by Gasteiger charge is -2.41. The molecule has 2 unspecified atom stereocenters. The minimum atomic E-state index is -0.00156. The van der Waals surface area contributed by atoms with E-state index in [1.807, 2.05) is 30.3 Å². The third-order valence-electron chi connectivity index (χ3n) is 7.23. The molecule has 2 N–H and O–H groups in total. The van der Waals surface area contributed by atoms with Gasteiger partial charge in [0.2, 0.25) is 12.5 Å². The molecule has 4 atom stereocenters. The van der Waals surface area contributed by atoms with Gasteiger partial charge in [0.15, 0.2) is 23.0 Å². The smallest absolute Gasteiger partial charge is 0.231 e. The highest BCUT2D eigenvalue weighted by atomic mass is 16.7. The summed E-state index contributed by atoms with van der Waals surface area (Å²) in [5, 5.41) is 14.3. The Balaban J connectivity index is 1.53. The summed E-state index contributed by atoms with van der Waals surface area (Å²) in [6, 6.07) is 18.3. The molecular formula is C27H27NO6. The summed E-state index contributed by atoms with van der Waals surface area (Å²) < 4.78 is 28.5. The Morgan fingerprint density at radius 2 is 1.50 bits per heavy atom. The Morgan fingerprint density at radius 1 is 0.853 bits per heavy atom. The van der Waals surface area contributed by atoms with Crippen LogP contribution in [0.2, 0.25) is 0 Å². The summed E-state index contributed by atoms with van der Waals surface area (Å²) >= 11 is 0. The summed E-state index contributed by atoms with van der Waals surface area (Å²) in [5.74, 6) is 2.74. The maximum absolute atomic E-state index is 10.5. The van der Waals surface area contributed by atoms with Crippen molar-refractivity contribution >= 4 is 5.69 Å². The number of aromatic hydroxyl groups is 1. The van der Waals surface area contributed by atoms with Crippen molar-refractivity contribution in [1.82, 2.24) is 0 Å². The van der Waals surface area contributed by atoms with E-state index < -0.39 is 0 Å². The number of phenolic OH excluding ortho intramolecular Hbond substituents is 1. The van der Waals surface area contributed by atoms with E-state index in [-0.39, 0.29) is 36.3 Å². The normalized spacial score (nSPS) is 24.3. The van der Waals surface area contributed by atoms with Crippen molar-refractivity contribution in [3.05, 3.63) is 71.3 Å². The first-order chi connectivity index (χ1) is 16.7. The van der Waals surface area contributed by atoms with Crippen LogP contribution in [-0.4, -0.2) is 39.3 Å². The van der Waals surface area contributed by atoms with Crippen LogP contribution < -0.4 is 24.3 Å². The van der Waals surface area contributed by atoms with Crippen molar-refractivity contribution in [3.8, 4) is 28.7 Å². The van der Waals surface area contributed by atoms with Gasteiger partial charge in [-0.2, -0.15) is 0 Å². The average Bonchev–Trinajstić information content (AvgIpc) is 3.53. The van der Waals surface area contributed by atoms with Crippen molar-refractivity contribution in [3.63, 3.8) is 0 Å². The van der Waals surface area contributed by atoms with Crippen molar-refractivity contribution in [1.29, 1.82) is 0 Å². The van der Waals surface area contributed by atoms with Gasteiger partial charge in [0.25, 0.3) is 0 Å². The zero-order valence-corrected chi connectivity index (χ0v) is 19.1. The first-order valence-electron chi connectivity index (χ1n) is 11.5. The first-order valence-corrected chi connectivity index (χ1v) is 11.5. The van der Waals surface area contributed by atoms with Crippen molar-refractivity contribution < 1.29 is 28.8 Å². The molecule has 0 saturated carbocycles. The van der Waals surface area contributed by atoms with E-state index in [1.54, 1.807) is 14.2 Å². The number of anilines is 1. The Labute approximate surface area is 198 Å². The van der Waals surface area contributed by atoms with E-state index in [0.29, 0.717) is 24.7 Å². The van der Waals surface area contributed by atoms with Gasteiger partial charge < -0.3 is 34.1 Å². The molecule has 2 aliphatic heterocycles. The maximum atomic E-state index is 10.5. The fraction of sp³-hybridized carbons (Fsp3) is 0.333. The number of ether oxygens (including phenoxy) is 5. The zero-order valence-electron chi connectivity index (χ0n) is 19.1. The van der Waals surface area contributed by atoms with E-state index in [2.05, 4.69) is 29.6 Å². The number of hydrogen-bond donors (Lipinski definition) is 2. The number of hydrogen-bond acceptors (Lipinski definition) is 7. The molecule has 7 nitrogen and oxygen atoms in total. The van der Waals surface area contributed by atoms with Crippen LogP contribution in [0.25, 0.3) is 0 Å². The minimum absolute atomic E-state index is 0.00156. The standard InChI is InChI=1S/C27H27NO6/c1-30-23-8-15(9-24(31-2)27(23)29)25-17-10-21-22(34-14-33-21)11-18(17)26(20-13-32-12-19(20)25)28-16-6-4-3-5-7-16/h3-11,19-20,25-26,28-29H,12-14H2,1-2H3/t19-,20?,25?,26+/m0/s1. The summed E-state index contributed by atoms with van der Waals surface area (Å²) in [6.45, 7) is 1.52. The van der Waals surface area contributed by atoms with Crippen LogP contribution >= 0.6 is 0 Å². The van der Waals surface area contributed by atoms with E-state index in [0.717, 1.165) is 33.9 Å². The SMILES string of the molecule is COc1cc(C2c3cc4c(cc3[C@@H](Nc3ccccc3)C3COC[C@H]23)OCO4)cc(OC)c1O. The first kappa shape index (κ1) is 21.0. The minimum Gasteiger partial charge on any atom is -0.502 e. The van der Waals surface area contributed by atoms with Crippen molar-refractivity contribution in [2.24, 2.45) is 11.8 Å². The van der Waals surface area contributed by atoms with Gasteiger partial charge in [-0.1, -0.05) is 18.2 Å². The van der Waals surface area contributed by atoms with Gasteiger partial charge in [-0.25, -0.2) is 0 Å². The van der Waals surface area contributed by atoms with E-state index in [1.165, 1.54) is 0 Å². The molecule has 0 amide bonds. The second kappa shape index (κ2) is 8.33. The molecule has 1 fully saturated rings. The predicted molar refractivity (Wildman–Crippen MR) is 126 cm³/mol. The molecular weight excluding hydrogens is 434 g/mol. The van der Waals surface area contributed by atoms with Crippen LogP contribution in [0.3, 0.4) is 0 Å². The zero-order chi connectivity index (χ0) is 23.2. The molecule has 0 aromatic heterocycles. The average molecular weight is 462 g/mol. The van der Waals surface area contributed by atoms with E-state index in [9.17, 15) is 5.11 Å². The van der Waals surface area contributed by atoms with E-state index >= 15 is 0 Å². The van der Waals surface area contributed by atoms with Gasteiger partial charge in [-0.3, -0.25) is 0 Å². The quantitative estimate of drug-likeness (QED) is 0.570. The summed E-state index contributed by atoms with van der Waals surface area (Å²) in [7, 11) is 3.10. The van der Waals surface area contributed by atoms with Crippen LogP contribution in [0, 0.1) is 11.8 Å². The predicted octanol–water partition coefficient (Wildman–Crippen LogP) is 4.70. The Morgan fingerprint density at radius 3 is 2.18 bits per heavy atom. The summed E-state index contributed by atoms with van der Waals surface area (Å²) in [6.07, 6.45) is 0. The van der Waals surface area contributed by atoms with Gasteiger partial charge in [-0.05, 0) is 53.1 Å². The highest BCUT2D eigenvalue weighted by molar-refractivity contribution is 5.60. The molecule has 7 heteroatoms. The number of fused-ring (bicyclic) bond motifs is 3. The van der Waals surface area contributed by atoms with Gasteiger partial charge in [-0.15, -0.1) is 0 Å². The highest BCUT2D eigenvalue weighted by Gasteiger charge is 2.47. The van der Waals surface area contributed by atoms with E-state index in [4.69, 9.17) is 23.7 Å². The second-order valence-corrected chi connectivity index (χ2v) is 8.94. The Bertz CT molecular complexity index is 1190. The van der Waals surface area contributed by atoms with Crippen LogP contribution in [0.5, 0.6) is 28.7 Å². The summed E-state index contributed by atoms with van der Waals surface area (Å²) in [5.41, 5.74) is 4.38. The fourth-order valence-electron chi connectivity index (χ4n) is 5.67. The fourth-order valence-corrected chi connectivity index (χ4v) is 5.67. The van der Waals surface area contributed by atoms with Crippen molar-refractivity contribution in [2.45, 2.75) is 12.0 Å². The number of nitrogens with one attached hydrogen (secondary N) is 1. The molecule has 1 aliphatic carbocycles. The number of rotatable bonds is 5. The lowest BCUT2D eigenvalue weighted by atomic mass is 9.65. The molecule has 0 bridgehead atoms. The molecule has 176 valence electrons. The number of methoxy groups -OCH3 is 2. The number of phenols is 1. The van der Waals surface area contributed by atoms with Crippen LogP contribution in [-0.2, 0) is 4.74 Å². The highest BCUT2D eigenvalue weighted by Crippen LogP contribution is 2.55. The third kappa shape index (κ3) is 3.30. The summed E-state index contributed by atoms with van der Waals surface area (Å²) in [4.78, 5) is 0. The monoisotopic (exact) mass is 461 g/mol. The molecule has 2 heterocycles. The second-order valence-electron chi connectivity index (χ2n) is 8.94. The molecule has 3 aromatic carbocycles. The topological polar surface area (TPSA) is 78.4 Å². The molecule has 0 spiro atoms. The maximum Gasteiger partial charge on any atom is 0.231 e. The molecule has 1 saturated heterocycles. The largest absolute Gasteiger partial charge is 0.502 e. The number of para-hydroxylation sites is 1. The molecule has 34 heavy (non-hydrogen) atoms. The Kier molecular flexibility index (Phi) is 5.14. The van der Waals surface area contributed by atoms with Gasteiger partial charge in [0.1, 0.15) is 0 Å². The van der Waals surface area contributed by atoms with Crippen LogP contribution in [0.1, 0.15) is 28.7 Å². The molecule has 0 radical (unpaired) electrons. The Hall–Kier alpha value is -3.58. The van der Waals surface area contributed by atoms with Gasteiger partial charge >= 0.3 is 0 Å². The molecule has 6 rings (SSSR count). The van der Waals surface area contributed by atoms with Gasteiger partial charge in [0, 0.05) is 23.4 Å². The lowest BCUT2D eigenvalue weighted by Crippen LogP contribution is -2.36. The molecule has 3 aromatic rings. The lowest BCUT2D eigenvalue weighted by molar-refractivity contribution is 0.173. The van der Waals surface area contributed by atoms with Crippen LogP contribution in [0.15, 0.2) is 54.6 Å². The van der Waals surface area contributed by atoms with Gasteiger partial charge in [0.05, 0.1) is 33.5 Å². The molecule has 3 aliphatic rings. The van der Waals surface area contributed by atoms with Crippen LogP contribution in [0.4, 0.5) is 5.69 Å². The number of benzene rings is 3.